The fourth-order valence-corrected chi connectivity index (χ4v) is 3.03. The van der Waals surface area contributed by atoms with Crippen molar-refractivity contribution in [3.63, 3.8) is 0 Å². The number of H-pyrrole nitrogens is 2. The van der Waals surface area contributed by atoms with Crippen molar-refractivity contribution in [1.29, 1.82) is 0 Å². The summed E-state index contributed by atoms with van der Waals surface area (Å²) in [5, 5.41) is 7.31. The lowest BCUT2D eigenvalue weighted by Crippen LogP contribution is -1.97. The molecular weight excluding hydrogens is 314 g/mol. The normalized spacial score (nSPS) is 11.1. The molecule has 5 nitrogen and oxygen atoms in total. The highest BCUT2D eigenvalue weighted by molar-refractivity contribution is 7.71. The van der Waals surface area contributed by atoms with Crippen LogP contribution in [-0.2, 0) is 0 Å². The van der Waals surface area contributed by atoms with E-state index in [4.69, 9.17) is 24.4 Å². The van der Waals surface area contributed by atoms with Crippen molar-refractivity contribution in [3.8, 4) is 11.5 Å². The van der Waals surface area contributed by atoms with E-state index in [2.05, 4.69) is 15.3 Å². The van der Waals surface area contributed by atoms with Crippen LogP contribution in [0.1, 0.15) is 0 Å². The Balaban J connectivity index is 1.98. The van der Waals surface area contributed by atoms with Gasteiger partial charge in [0, 0.05) is 0 Å². The minimum Gasteiger partial charge on any atom is -0.330 e. The van der Waals surface area contributed by atoms with Crippen LogP contribution in [0, 0.1) is 9.41 Å². The molecule has 0 fully saturated rings. The van der Waals surface area contributed by atoms with Gasteiger partial charge in [-0.15, -0.1) is 5.10 Å². The topological polar surface area (TPSA) is 54.3 Å². The molecule has 0 aliphatic carbocycles. The number of para-hydroxylation sites is 3. The van der Waals surface area contributed by atoms with E-state index in [-0.39, 0.29) is 0 Å². The Morgan fingerprint density at radius 3 is 2.45 bits per heavy atom. The van der Waals surface area contributed by atoms with Crippen molar-refractivity contribution in [2.24, 2.45) is 0 Å². The van der Waals surface area contributed by atoms with Crippen LogP contribution in [0.25, 0.3) is 22.5 Å². The van der Waals surface area contributed by atoms with Crippen LogP contribution in [0.2, 0.25) is 0 Å². The highest BCUT2D eigenvalue weighted by atomic mass is 32.1. The molecule has 0 atom stereocenters. The largest absolute Gasteiger partial charge is 0.330 e. The van der Waals surface area contributed by atoms with Crippen LogP contribution < -0.4 is 0 Å². The molecular formula is C15H11N5S2. The maximum Gasteiger partial charge on any atom is 0.198 e. The summed E-state index contributed by atoms with van der Waals surface area (Å²) in [6, 6.07) is 17.7. The number of nitrogens with one attached hydrogen (secondary N) is 2. The molecule has 2 N–H and O–H groups in total. The standard InChI is InChI=1S/C15H11N5S2/c21-14-13(17-18-20(14)10-6-2-1-3-7-10)19-12-9-5-4-8-11(12)16-15(19)22/h1-9,18H,(H,16,22). The smallest absolute Gasteiger partial charge is 0.198 e. The lowest BCUT2D eigenvalue weighted by molar-refractivity contribution is 0.794. The number of nitrogens with zero attached hydrogens (tertiary/aromatic N) is 3. The van der Waals surface area contributed by atoms with Crippen molar-refractivity contribution in [2.45, 2.75) is 0 Å². The van der Waals surface area contributed by atoms with Gasteiger partial charge in [-0.1, -0.05) is 42.5 Å². The van der Waals surface area contributed by atoms with Crippen LogP contribution >= 0.6 is 24.4 Å². The number of hydrogen-bond acceptors (Lipinski definition) is 3. The lowest BCUT2D eigenvalue weighted by Gasteiger charge is -2.00. The van der Waals surface area contributed by atoms with Gasteiger partial charge in [-0.2, -0.15) is 0 Å². The molecule has 0 amide bonds. The Morgan fingerprint density at radius 2 is 1.64 bits per heavy atom. The van der Waals surface area contributed by atoms with Crippen molar-refractivity contribution in [1.82, 2.24) is 24.5 Å². The number of benzene rings is 2. The highest BCUT2D eigenvalue weighted by Gasteiger charge is 2.12. The number of hydrogen-bond donors (Lipinski definition) is 2. The molecule has 4 aromatic rings. The predicted octanol–water partition coefficient (Wildman–Crippen LogP) is 3.93. The molecule has 0 unspecified atom stereocenters. The van der Waals surface area contributed by atoms with E-state index < -0.39 is 0 Å². The average Bonchev–Trinajstić information content (AvgIpc) is 3.07. The first-order valence-electron chi connectivity index (χ1n) is 6.69. The van der Waals surface area contributed by atoms with Crippen molar-refractivity contribution in [2.75, 3.05) is 0 Å². The van der Waals surface area contributed by atoms with E-state index in [0.717, 1.165) is 16.7 Å². The molecule has 2 heterocycles. The average molecular weight is 325 g/mol. The van der Waals surface area contributed by atoms with Crippen molar-refractivity contribution < 1.29 is 0 Å². The number of aromatic amines is 2. The Kier molecular flexibility index (Phi) is 3.02. The second kappa shape index (κ2) is 5.04. The van der Waals surface area contributed by atoms with Gasteiger partial charge < -0.3 is 4.98 Å². The second-order valence-electron chi connectivity index (χ2n) is 4.79. The molecule has 0 spiro atoms. The number of aromatic nitrogens is 5. The van der Waals surface area contributed by atoms with Gasteiger partial charge in [0.2, 0.25) is 0 Å². The van der Waals surface area contributed by atoms with Crippen LogP contribution in [0.5, 0.6) is 0 Å². The third kappa shape index (κ3) is 1.94. The molecule has 7 heteroatoms. The summed E-state index contributed by atoms with van der Waals surface area (Å²) in [7, 11) is 0. The Bertz CT molecular complexity index is 1070. The van der Waals surface area contributed by atoms with Crippen LogP contribution in [0.3, 0.4) is 0 Å². The molecule has 0 aliphatic rings. The second-order valence-corrected chi connectivity index (χ2v) is 5.57. The molecule has 0 saturated heterocycles. The van der Waals surface area contributed by atoms with Crippen LogP contribution in [0.4, 0.5) is 0 Å². The molecule has 22 heavy (non-hydrogen) atoms. The first-order valence-corrected chi connectivity index (χ1v) is 7.50. The molecule has 2 aromatic carbocycles. The molecule has 108 valence electrons. The third-order valence-corrected chi connectivity index (χ3v) is 4.12. The monoisotopic (exact) mass is 325 g/mol. The van der Waals surface area contributed by atoms with Gasteiger partial charge >= 0.3 is 0 Å². The van der Waals surface area contributed by atoms with Gasteiger partial charge in [-0.25, -0.2) is 9.90 Å². The van der Waals surface area contributed by atoms with Gasteiger partial charge in [0.25, 0.3) is 0 Å². The van der Waals surface area contributed by atoms with E-state index in [0.29, 0.717) is 15.2 Å². The summed E-state index contributed by atoms with van der Waals surface area (Å²) in [4.78, 5) is 3.17. The summed E-state index contributed by atoms with van der Waals surface area (Å²) in [6.07, 6.45) is 0. The summed E-state index contributed by atoms with van der Waals surface area (Å²) in [5.74, 6) is 0.612. The fraction of sp³-hybridized carbons (Fsp3) is 0. The Hall–Kier alpha value is -2.51. The molecule has 2 aromatic heterocycles. The molecule has 4 rings (SSSR count). The zero-order valence-corrected chi connectivity index (χ0v) is 13.0. The molecule has 0 radical (unpaired) electrons. The van der Waals surface area contributed by atoms with E-state index >= 15 is 0 Å². The van der Waals surface area contributed by atoms with E-state index in [1.54, 1.807) is 4.68 Å². The quantitative estimate of drug-likeness (QED) is 0.549. The summed E-state index contributed by atoms with van der Waals surface area (Å²) in [6.45, 7) is 0. The van der Waals surface area contributed by atoms with E-state index in [1.165, 1.54) is 0 Å². The van der Waals surface area contributed by atoms with E-state index in [1.807, 2.05) is 59.2 Å². The maximum absolute atomic E-state index is 5.57. The highest BCUT2D eigenvalue weighted by Crippen LogP contribution is 2.19. The van der Waals surface area contributed by atoms with Crippen molar-refractivity contribution in [3.05, 3.63) is 64.0 Å². The van der Waals surface area contributed by atoms with E-state index in [9.17, 15) is 0 Å². The maximum atomic E-state index is 5.57. The van der Waals surface area contributed by atoms with Gasteiger partial charge in [0.05, 0.1) is 16.7 Å². The molecule has 0 aliphatic heterocycles. The lowest BCUT2D eigenvalue weighted by atomic mass is 10.3. The first kappa shape index (κ1) is 13.2. The van der Waals surface area contributed by atoms with Gasteiger partial charge in [-0.05, 0) is 36.5 Å². The number of fused-ring (bicyclic) bond motifs is 1. The first-order chi connectivity index (χ1) is 10.8. The molecule has 0 saturated carbocycles. The zero-order valence-electron chi connectivity index (χ0n) is 11.4. The van der Waals surface area contributed by atoms with Gasteiger partial charge in [-0.3, -0.25) is 4.57 Å². The Labute approximate surface area is 135 Å². The summed E-state index contributed by atoms with van der Waals surface area (Å²) >= 11 is 11.0. The SMILES string of the molecule is S=c1c(-n2c(=S)[nH]c3ccccc32)n[nH]n1-c1ccccc1. The number of imidazole rings is 1. The predicted molar refractivity (Wildman–Crippen MR) is 90.8 cm³/mol. The van der Waals surface area contributed by atoms with Crippen LogP contribution in [0.15, 0.2) is 54.6 Å². The summed E-state index contributed by atoms with van der Waals surface area (Å²) in [5.41, 5.74) is 2.83. The minimum absolute atomic E-state index is 0.569. The van der Waals surface area contributed by atoms with Gasteiger partial charge in [0.15, 0.2) is 15.2 Å². The van der Waals surface area contributed by atoms with Gasteiger partial charge in [0.1, 0.15) is 0 Å². The summed E-state index contributed by atoms with van der Waals surface area (Å²) < 4.78 is 4.75. The van der Waals surface area contributed by atoms with Crippen molar-refractivity contribution >= 4 is 35.5 Å². The Morgan fingerprint density at radius 1 is 0.909 bits per heavy atom. The molecule has 0 bridgehead atoms. The third-order valence-electron chi connectivity index (χ3n) is 3.47. The minimum atomic E-state index is 0.569. The van der Waals surface area contributed by atoms with Crippen LogP contribution in [-0.4, -0.2) is 24.5 Å². The zero-order chi connectivity index (χ0) is 15.1. The fourth-order valence-electron chi connectivity index (χ4n) is 2.45. The number of rotatable bonds is 2.